The highest BCUT2D eigenvalue weighted by Gasteiger charge is 2.16. The maximum Gasteiger partial charge on any atom is 0.270 e. The third-order valence-electron chi connectivity index (χ3n) is 2.71. The number of imidazole rings is 1. The Morgan fingerprint density at radius 2 is 2.17 bits per heavy atom. The van der Waals surface area contributed by atoms with Gasteiger partial charge in [-0.05, 0) is 5.56 Å². The standard InChI is InChI=1S/C13H14BrN3O/c1-17-9-15-8-12(17)13(18)16-11(7-14)10-5-3-2-4-6-10/h2-6,8-9,11H,7H2,1H3,(H,16,18). The van der Waals surface area contributed by atoms with Gasteiger partial charge in [0.05, 0.1) is 18.6 Å². The third-order valence-corrected chi connectivity index (χ3v) is 3.36. The van der Waals surface area contributed by atoms with E-state index in [1.165, 1.54) is 0 Å². The highest BCUT2D eigenvalue weighted by atomic mass is 79.9. The molecule has 0 aliphatic rings. The van der Waals surface area contributed by atoms with Crippen LogP contribution >= 0.6 is 15.9 Å². The van der Waals surface area contributed by atoms with Crippen LogP contribution in [-0.2, 0) is 7.05 Å². The van der Waals surface area contributed by atoms with Gasteiger partial charge in [0.25, 0.3) is 5.91 Å². The number of benzene rings is 1. The Balaban J connectivity index is 2.13. The maximum absolute atomic E-state index is 12.1. The predicted octanol–water partition coefficient (Wildman–Crippen LogP) is 2.29. The Bertz CT molecular complexity index is 524. The summed E-state index contributed by atoms with van der Waals surface area (Å²) < 4.78 is 1.70. The molecule has 0 fully saturated rings. The van der Waals surface area contributed by atoms with Crippen molar-refractivity contribution in [2.45, 2.75) is 6.04 Å². The van der Waals surface area contributed by atoms with Gasteiger partial charge in [-0.2, -0.15) is 0 Å². The molecular weight excluding hydrogens is 294 g/mol. The zero-order chi connectivity index (χ0) is 13.0. The van der Waals surface area contributed by atoms with E-state index in [2.05, 4.69) is 26.2 Å². The Labute approximate surface area is 114 Å². The first-order valence-electron chi connectivity index (χ1n) is 5.60. The summed E-state index contributed by atoms with van der Waals surface area (Å²) in [6.45, 7) is 0. The molecule has 18 heavy (non-hydrogen) atoms. The minimum atomic E-state index is -0.122. The molecule has 1 aromatic carbocycles. The van der Waals surface area contributed by atoms with Gasteiger partial charge in [-0.15, -0.1) is 0 Å². The highest BCUT2D eigenvalue weighted by molar-refractivity contribution is 9.09. The molecule has 0 saturated heterocycles. The van der Waals surface area contributed by atoms with Crippen LogP contribution < -0.4 is 5.32 Å². The van der Waals surface area contributed by atoms with Crippen LogP contribution in [-0.4, -0.2) is 20.8 Å². The molecule has 1 heterocycles. The fraction of sp³-hybridized carbons (Fsp3) is 0.231. The molecule has 0 saturated carbocycles. The monoisotopic (exact) mass is 307 g/mol. The quantitative estimate of drug-likeness (QED) is 0.881. The first-order valence-corrected chi connectivity index (χ1v) is 6.72. The highest BCUT2D eigenvalue weighted by Crippen LogP contribution is 2.15. The van der Waals surface area contributed by atoms with Crippen LogP contribution in [0.15, 0.2) is 42.9 Å². The van der Waals surface area contributed by atoms with Crippen LogP contribution in [0.5, 0.6) is 0 Å². The van der Waals surface area contributed by atoms with Crippen molar-refractivity contribution in [2.75, 3.05) is 5.33 Å². The number of rotatable bonds is 4. The van der Waals surface area contributed by atoms with Gasteiger partial charge in [0.2, 0.25) is 0 Å². The molecule has 0 aliphatic heterocycles. The molecular formula is C13H14BrN3O. The molecule has 1 unspecified atom stereocenters. The van der Waals surface area contributed by atoms with Gasteiger partial charge in [0.1, 0.15) is 5.69 Å². The van der Waals surface area contributed by atoms with Crippen LogP contribution in [0.25, 0.3) is 0 Å². The molecule has 1 aromatic heterocycles. The summed E-state index contributed by atoms with van der Waals surface area (Å²) in [7, 11) is 1.80. The van der Waals surface area contributed by atoms with Crippen molar-refractivity contribution in [3.8, 4) is 0 Å². The van der Waals surface area contributed by atoms with E-state index >= 15 is 0 Å². The number of nitrogens with zero attached hydrogens (tertiary/aromatic N) is 2. The van der Waals surface area contributed by atoms with E-state index in [0.717, 1.165) is 5.56 Å². The lowest BCUT2D eigenvalue weighted by Gasteiger charge is -2.16. The molecule has 2 aromatic rings. The number of halogens is 1. The number of aromatic nitrogens is 2. The molecule has 5 heteroatoms. The Morgan fingerprint density at radius 3 is 2.72 bits per heavy atom. The predicted molar refractivity (Wildman–Crippen MR) is 73.7 cm³/mol. The van der Waals surface area contributed by atoms with E-state index in [9.17, 15) is 4.79 Å². The van der Waals surface area contributed by atoms with Crippen LogP contribution in [0, 0.1) is 0 Å². The molecule has 0 radical (unpaired) electrons. The van der Waals surface area contributed by atoms with Crippen LogP contribution in [0.4, 0.5) is 0 Å². The number of alkyl halides is 1. The number of carbonyl (C=O) groups excluding carboxylic acids is 1. The van der Waals surface area contributed by atoms with Crippen molar-refractivity contribution < 1.29 is 4.79 Å². The SMILES string of the molecule is Cn1cncc1C(=O)NC(CBr)c1ccccc1. The minimum absolute atomic E-state index is 0.0476. The van der Waals surface area contributed by atoms with Crippen LogP contribution in [0.1, 0.15) is 22.1 Å². The molecule has 1 atom stereocenters. The third kappa shape index (κ3) is 2.79. The van der Waals surface area contributed by atoms with Crippen LogP contribution in [0.3, 0.4) is 0 Å². The van der Waals surface area contributed by atoms with Crippen molar-refractivity contribution >= 4 is 21.8 Å². The van der Waals surface area contributed by atoms with E-state index in [1.54, 1.807) is 24.1 Å². The van der Waals surface area contributed by atoms with E-state index in [4.69, 9.17) is 0 Å². The van der Waals surface area contributed by atoms with Crippen molar-refractivity contribution in [2.24, 2.45) is 7.05 Å². The number of amides is 1. The first kappa shape index (κ1) is 12.8. The van der Waals surface area contributed by atoms with Gasteiger partial charge in [0.15, 0.2) is 0 Å². The summed E-state index contributed by atoms with van der Waals surface area (Å²) in [4.78, 5) is 16.0. The molecule has 0 spiro atoms. The minimum Gasteiger partial charge on any atom is -0.343 e. The topological polar surface area (TPSA) is 46.9 Å². The second-order valence-corrected chi connectivity index (χ2v) is 4.63. The second-order valence-electron chi connectivity index (χ2n) is 3.98. The largest absolute Gasteiger partial charge is 0.343 e. The molecule has 1 amide bonds. The molecule has 4 nitrogen and oxygen atoms in total. The van der Waals surface area contributed by atoms with E-state index in [0.29, 0.717) is 11.0 Å². The summed E-state index contributed by atoms with van der Waals surface area (Å²) >= 11 is 3.43. The van der Waals surface area contributed by atoms with Crippen molar-refractivity contribution in [3.63, 3.8) is 0 Å². The molecule has 2 rings (SSSR count). The van der Waals surface area contributed by atoms with Crippen LogP contribution in [0.2, 0.25) is 0 Å². The van der Waals surface area contributed by atoms with Crippen molar-refractivity contribution in [1.29, 1.82) is 0 Å². The van der Waals surface area contributed by atoms with E-state index in [-0.39, 0.29) is 11.9 Å². The lowest BCUT2D eigenvalue weighted by Crippen LogP contribution is -2.30. The normalized spacial score (nSPS) is 12.1. The summed E-state index contributed by atoms with van der Waals surface area (Å²) in [6, 6.07) is 9.82. The van der Waals surface area contributed by atoms with Gasteiger partial charge in [-0.25, -0.2) is 4.98 Å². The average Bonchev–Trinajstić information content (AvgIpc) is 2.83. The molecule has 1 N–H and O–H groups in total. The van der Waals surface area contributed by atoms with Gasteiger partial charge in [-0.1, -0.05) is 46.3 Å². The zero-order valence-electron chi connectivity index (χ0n) is 10.0. The fourth-order valence-corrected chi connectivity index (χ4v) is 2.24. The lowest BCUT2D eigenvalue weighted by molar-refractivity contribution is 0.0932. The Kier molecular flexibility index (Phi) is 4.15. The van der Waals surface area contributed by atoms with E-state index in [1.807, 2.05) is 30.3 Å². The Morgan fingerprint density at radius 1 is 1.44 bits per heavy atom. The van der Waals surface area contributed by atoms with Crippen molar-refractivity contribution in [1.82, 2.24) is 14.9 Å². The summed E-state index contributed by atoms with van der Waals surface area (Å²) in [5, 5.41) is 3.65. The first-order chi connectivity index (χ1) is 8.72. The Hall–Kier alpha value is -1.62. The molecule has 94 valence electrons. The zero-order valence-corrected chi connectivity index (χ0v) is 11.6. The summed E-state index contributed by atoms with van der Waals surface area (Å²) in [5.74, 6) is -0.122. The molecule has 0 bridgehead atoms. The molecule has 0 aliphatic carbocycles. The van der Waals surface area contributed by atoms with Gasteiger partial charge in [-0.3, -0.25) is 4.79 Å². The number of aryl methyl sites for hydroxylation is 1. The number of hydrogen-bond acceptors (Lipinski definition) is 2. The lowest BCUT2D eigenvalue weighted by atomic mass is 10.1. The van der Waals surface area contributed by atoms with Gasteiger partial charge >= 0.3 is 0 Å². The maximum atomic E-state index is 12.1. The average molecular weight is 308 g/mol. The smallest absolute Gasteiger partial charge is 0.270 e. The number of hydrogen-bond donors (Lipinski definition) is 1. The second kappa shape index (κ2) is 5.82. The fourth-order valence-electron chi connectivity index (χ4n) is 1.70. The summed E-state index contributed by atoms with van der Waals surface area (Å²) in [5.41, 5.74) is 1.63. The van der Waals surface area contributed by atoms with Gasteiger partial charge in [0, 0.05) is 12.4 Å². The van der Waals surface area contributed by atoms with Crippen molar-refractivity contribution in [3.05, 3.63) is 54.1 Å². The van der Waals surface area contributed by atoms with Gasteiger partial charge < -0.3 is 9.88 Å². The number of carbonyl (C=O) groups is 1. The number of nitrogens with one attached hydrogen (secondary N) is 1. The van der Waals surface area contributed by atoms with E-state index < -0.39 is 0 Å². The summed E-state index contributed by atoms with van der Waals surface area (Å²) in [6.07, 6.45) is 3.17.